The Morgan fingerprint density at radius 2 is 1.76 bits per heavy atom. The molecule has 4 nitrogen and oxygen atoms in total. The van der Waals surface area contributed by atoms with Gasteiger partial charge in [0.1, 0.15) is 0 Å². The number of hydrogen-bond donors (Lipinski definition) is 1. The van der Waals surface area contributed by atoms with Crippen molar-refractivity contribution in [2.45, 2.75) is 43.5 Å². The van der Waals surface area contributed by atoms with Crippen LogP contribution in [0.25, 0.3) is 0 Å². The van der Waals surface area contributed by atoms with Crippen LogP contribution in [0.4, 0.5) is 0 Å². The topological polar surface area (TPSA) is 49.4 Å². The van der Waals surface area contributed by atoms with E-state index in [-0.39, 0.29) is 0 Å². The fourth-order valence-electron chi connectivity index (χ4n) is 2.67. The van der Waals surface area contributed by atoms with Gasteiger partial charge in [0, 0.05) is 24.1 Å². The third kappa shape index (κ3) is 4.28. The first-order chi connectivity index (χ1) is 10.1. The quantitative estimate of drug-likeness (QED) is 0.880. The van der Waals surface area contributed by atoms with Crippen LogP contribution >= 0.6 is 15.9 Å². The minimum atomic E-state index is -3.40. The molecule has 2 rings (SSSR count). The van der Waals surface area contributed by atoms with Crippen LogP contribution in [0.15, 0.2) is 27.6 Å². The molecular weight excluding hydrogens is 352 g/mol. The average molecular weight is 375 g/mol. The van der Waals surface area contributed by atoms with Crippen LogP contribution in [-0.4, -0.2) is 32.9 Å². The first kappa shape index (κ1) is 16.9. The fraction of sp³-hybridized carbons (Fsp3) is 0.600. The highest BCUT2D eigenvalue weighted by molar-refractivity contribution is 9.10. The predicted molar refractivity (Wildman–Crippen MR) is 88.7 cm³/mol. The molecule has 0 amide bonds. The fourth-order valence-corrected chi connectivity index (χ4v) is 5.27. The van der Waals surface area contributed by atoms with Gasteiger partial charge < -0.3 is 5.32 Å². The van der Waals surface area contributed by atoms with Crippen molar-refractivity contribution >= 4 is 26.0 Å². The molecule has 0 atom stereocenters. The molecule has 1 heterocycles. The van der Waals surface area contributed by atoms with E-state index in [0.29, 0.717) is 22.5 Å². The van der Waals surface area contributed by atoms with E-state index in [1.54, 1.807) is 10.4 Å². The van der Waals surface area contributed by atoms with Crippen LogP contribution in [0, 0.1) is 0 Å². The molecule has 1 aromatic rings. The van der Waals surface area contributed by atoms with E-state index < -0.39 is 10.0 Å². The van der Waals surface area contributed by atoms with Crippen molar-refractivity contribution in [1.82, 2.24) is 9.62 Å². The Balaban J connectivity index is 2.25. The van der Waals surface area contributed by atoms with E-state index in [9.17, 15) is 8.42 Å². The summed E-state index contributed by atoms with van der Waals surface area (Å²) < 4.78 is 27.9. The second-order valence-electron chi connectivity index (χ2n) is 5.47. The van der Waals surface area contributed by atoms with Crippen molar-refractivity contribution in [1.29, 1.82) is 0 Å². The van der Waals surface area contributed by atoms with Crippen LogP contribution < -0.4 is 5.32 Å². The van der Waals surface area contributed by atoms with E-state index in [2.05, 4.69) is 21.2 Å². The molecule has 21 heavy (non-hydrogen) atoms. The largest absolute Gasteiger partial charge is 0.316 e. The molecule has 0 aliphatic carbocycles. The maximum atomic E-state index is 12.8. The van der Waals surface area contributed by atoms with Crippen molar-refractivity contribution in [2.75, 3.05) is 20.1 Å². The van der Waals surface area contributed by atoms with Gasteiger partial charge in [0.15, 0.2) is 0 Å². The molecular formula is C15H23BrN2O2S. The second-order valence-corrected chi connectivity index (χ2v) is 8.23. The van der Waals surface area contributed by atoms with Gasteiger partial charge >= 0.3 is 0 Å². The van der Waals surface area contributed by atoms with Gasteiger partial charge in [0.2, 0.25) is 10.0 Å². The summed E-state index contributed by atoms with van der Waals surface area (Å²) in [5.41, 5.74) is 1.07. The van der Waals surface area contributed by atoms with E-state index in [0.717, 1.165) is 37.8 Å². The highest BCUT2D eigenvalue weighted by Gasteiger charge is 2.26. The highest BCUT2D eigenvalue weighted by atomic mass is 79.9. The van der Waals surface area contributed by atoms with Gasteiger partial charge in [-0.3, -0.25) is 0 Å². The van der Waals surface area contributed by atoms with Crippen LogP contribution in [0.1, 0.15) is 37.7 Å². The number of benzene rings is 1. The smallest absolute Gasteiger partial charge is 0.244 e. The molecule has 0 radical (unpaired) electrons. The molecule has 1 N–H and O–H groups in total. The Labute approximate surface area is 136 Å². The number of nitrogens with zero attached hydrogens (tertiary/aromatic N) is 1. The summed E-state index contributed by atoms with van der Waals surface area (Å²) in [6, 6.07) is 5.47. The van der Waals surface area contributed by atoms with Crippen LogP contribution in [-0.2, 0) is 16.6 Å². The molecule has 0 unspecified atom stereocenters. The van der Waals surface area contributed by atoms with Gasteiger partial charge in [0.05, 0.1) is 4.90 Å². The van der Waals surface area contributed by atoms with Crippen LogP contribution in [0.3, 0.4) is 0 Å². The van der Waals surface area contributed by atoms with Gasteiger partial charge in [-0.2, -0.15) is 4.31 Å². The Morgan fingerprint density at radius 1 is 1.14 bits per heavy atom. The van der Waals surface area contributed by atoms with Crippen molar-refractivity contribution in [3.8, 4) is 0 Å². The predicted octanol–water partition coefficient (Wildman–Crippen LogP) is 3.12. The lowest BCUT2D eigenvalue weighted by atomic mass is 10.1. The molecule has 6 heteroatoms. The molecule has 0 aromatic heterocycles. The average Bonchev–Trinajstić information content (AvgIpc) is 2.37. The van der Waals surface area contributed by atoms with Crippen molar-refractivity contribution in [3.63, 3.8) is 0 Å². The van der Waals surface area contributed by atoms with Crippen molar-refractivity contribution < 1.29 is 8.42 Å². The van der Waals surface area contributed by atoms with Gasteiger partial charge in [-0.1, -0.05) is 25.3 Å². The van der Waals surface area contributed by atoms with Crippen molar-refractivity contribution in [2.24, 2.45) is 0 Å². The molecule has 1 fully saturated rings. The molecule has 1 aliphatic rings. The summed E-state index contributed by atoms with van der Waals surface area (Å²) in [6.07, 6.45) is 5.36. The standard InChI is InChI=1S/C15H23BrN2O2S/c1-17-12-13-7-8-15(14(16)11-13)21(19,20)18-9-5-3-2-4-6-10-18/h7-8,11,17H,2-6,9-10,12H2,1H3. The lowest BCUT2D eigenvalue weighted by Gasteiger charge is -2.24. The molecule has 1 aromatic carbocycles. The summed E-state index contributed by atoms with van der Waals surface area (Å²) in [6.45, 7) is 1.99. The molecule has 1 saturated heterocycles. The van der Waals surface area contributed by atoms with E-state index in [4.69, 9.17) is 0 Å². The number of sulfonamides is 1. The maximum Gasteiger partial charge on any atom is 0.244 e. The van der Waals surface area contributed by atoms with Gasteiger partial charge in [-0.25, -0.2) is 8.42 Å². The summed E-state index contributed by atoms with van der Waals surface area (Å²) >= 11 is 3.42. The SMILES string of the molecule is CNCc1ccc(S(=O)(=O)N2CCCCCCC2)c(Br)c1. The maximum absolute atomic E-state index is 12.8. The molecule has 0 spiro atoms. The number of rotatable bonds is 4. The lowest BCUT2D eigenvalue weighted by Crippen LogP contribution is -2.34. The second kappa shape index (κ2) is 7.72. The lowest BCUT2D eigenvalue weighted by molar-refractivity contribution is 0.364. The monoisotopic (exact) mass is 374 g/mol. The Kier molecular flexibility index (Phi) is 6.22. The molecule has 0 bridgehead atoms. The summed E-state index contributed by atoms with van der Waals surface area (Å²) in [5.74, 6) is 0. The third-order valence-electron chi connectivity index (χ3n) is 3.81. The van der Waals surface area contributed by atoms with Gasteiger partial charge in [0.25, 0.3) is 0 Å². The number of nitrogens with one attached hydrogen (secondary N) is 1. The highest BCUT2D eigenvalue weighted by Crippen LogP contribution is 2.27. The Bertz CT molecular complexity index is 567. The van der Waals surface area contributed by atoms with E-state index in [1.807, 2.05) is 19.2 Å². The zero-order chi connectivity index (χ0) is 15.3. The first-order valence-electron chi connectivity index (χ1n) is 7.49. The Hall–Kier alpha value is -0.430. The minimum absolute atomic E-state index is 0.378. The normalized spacial score (nSPS) is 18.2. The molecule has 118 valence electrons. The first-order valence-corrected chi connectivity index (χ1v) is 9.72. The van der Waals surface area contributed by atoms with Crippen LogP contribution in [0.2, 0.25) is 0 Å². The summed E-state index contributed by atoms with van der Waals surface area (Å²) in [4.78, 5) is 0.378. The summed E-state index contributed by atoms with van der Waals surface area (Å²) in [5, 5.41) is 3.07. The number of halogens is 1. The number of hydrogen-bond acceptors (Lipinski definition) is 3. The van der Waals surface area contributed by atoms with Gasteiger partial charge in [-0.05, 0) is 53.5 Å². The molecule has 1 aliphatic heterocycles. The van der Waals surface area contributed by atoms with E-state index in [1.165, 1.54) is 6.42 Å². The zero-order valence-electron chi connectivity index (χ0n) is 12.4. The van der Waals surface area contributed by atoms with E-state index >= 15 is 0 Å². The minimum Gasteiger partial charge on any atom is -0.316 e. The summed E-state index contributed by atoms with van der Waals surface area (Å²) in [7, 11) is -1.52. The van der Waals surface area contributed by atoms with Crippen LogP contribution in [0.5, 0.6) is 0 Å². The third-order valence-corrected chi connectivity index (χ3v) is 6.69. The molecule has 0 saturated carbocycles. The van der Waals surface area contributed by atoms with Crippen molar-refractivity contribution in [3.05, 3.63) is 28.2 Å². The van der Waals surface area contributed by atoms with Gasteiger partial charge in [-0.15, -0.1) is 0 Å². The zero-order valence-corrected chi connectivity index (χ0v) is 14.8. The Morgan fingerprint density at radius 3 is 2.33 bits per heavy atom.